The molecule has 17 nitrogen and oxygen atoms in total. The first-order valence-electron chi connectivity index (χ1n) is 44.0. The van der Waals surface area contributed by atoms with Gasteiger partial charge in [0.1, 0.15) is 19.3 Å². The van der Waals surface area contributed by atoms with Crippen LogP contribution < -0.4 is 0 Å². The van der Waals surface area contributed by atoms with E-state index in [9.17, 15) is 43.2 Å². The second kappa shape index (κ2) is 76.4. The van der Waals surface area contributed by atoms with Crippen molar-refractivity contribution in [3.05, 3.63) is 0 Å². The summed E-state index contributed by atoms with van der Waals surface area (Å²) in [5, 5.41) is 10.7. The standard InChI is InChI=1S/C85H166O17P2/c1-7-9-11-13-15-17-19-21-22-23-24-25-26-32-39-45-51-57-63-69-84(89)101-80(74-96-83(88)68-62-56-50-44-38-31-28-27-30-35-41-47-53-59-65-77(3)4)75-99-103(91,92)97-71-79(86)72-98-104(93,94)100-76-81(73-95-82(87)67-61-55-49-43-37-29-20-18-16-14-12-10-8-2)102-85(90)70-64-58-52-46-40-34-33-36-42-48-54-60-66-78(5)6/h77-81,86H,7-76H2,1-6H3,(H,91,92)(H,93,94)/t79-,80-,81-/m1/s1. The lowest BCUT2D eigenvalue weighted by Gasteiger charge is -2.21. The van der Waals surface area contributed by atoms with Crippen LogP contribution in [0.4, 0.5) is 0 Å². The Labute approximate surface area is 638 Å². The molecule has 3 N–H and O–H groups in total. The van der Waals surface area contributed by atoms with E-state index in [0.717, 1.165) is 102 Å². The van der Waals surface area contributed by atoms with Crippen LogP contribution in [0, 0.1) is 11.8 Å². The fraction of sp³-hybridized carbons (Fsp3) is 0.953. The molecule has 0 aliphatic rings. The van der Waals surface area contributed by atoms with Crippen molar-refractivity contribution in [2.24, 2.45) is 11.8 Å². The number of carbonyl (C=O) groups is 4. The first-order chi connectivity index (χ1) is 50.4. The van der Waals surface area contributed by atoms with Crippen LogP contribution in [0.3, 0.4) is 0 Å². The molecule has 0 saturated carbocycles. The first-order valence-corrected chi connectivity index (χ1v) is 47.0. The number of unbranched alkanes of at least 4 members (excludes halogenated alkanes) is 54. The Morgan fingerprint density at radius 3 is 0.654 bits per heavy atom. The van der Waals surface area contributed by atoms with E-state index < -0.39 is 97.5 Å². The highest BCUT2D eigenvalue weighted by Gasteiger charge is 2.30. The molecule has 0 bridgehead atoms. The van der Waals surface area contributed by atoms with Crippen LogP contribution >= 0.6 is 15.6 Å². The van der Waals surface area contributed by atoms with Crippen molar-refractivity contribution in [1.82, 2.24) is 0 Å². The minimum absolute atomic E-state index is 0.108. The largest absolute Gasteiger partial charge is 0.472 e. The van der Waals surface area contributed by atoms with E-state index in [4.69, 9.17) is 37.0 Å². The molecule has 0 aromatic heterocycles. The molecule has 0 amide bonds. The summed E-state index contributed by atoms with van der Waals surface area (Å²) in [5.74, 6) is -0.525. The number of phosphoric acid groups is 2. The summed E-state index contributed by atoms with van der Waals surface area (Å²) in [7, 11) is -9.93. The highest BCUT2D eigenvalue weighted by molar-refractivity contribution is 7.47. The van der Waals surface area contributed by atoms with Gasteiger partial charge in [-0.25, -0.2) is 9.13 Å². The van der Waals surface area contributed by atoms with Crippen LogP contribution in [0.1, 0.15) is 452 Å². The fourth-order valence-electron chi connectivity index (χ4n) is 13.2. The van der Waals surface area contributed by atoms with Gasteiger partial charge in [0.2, 0.25) is 0 Å². The van der Waals surface area contributed by atoms with Crippen molar-refractivity contribution in [3.8, 4) is 0 Å². The number of esters is 4. The number of ether oxygens (including phenoxy) is 4. The Morgan fingerprint density at radius 2 is 0.442 bits per heavy atom. The van der Waals surface area contributed by atoms with Gasteiger partial charge in [-0.3, -0.25) is 37.3 Å². The maximum atomic E-state index is 13.1. The minimum Gasteiger partial charge on any atom is -0.462 e. The van der Waals surface area contributed by atoms with E-state index in [0.29, 0.717) is 25.7 Å². The molecule has 5 atom stereocenters. The van der Waals surface area contributed by atoms with Crippen molar-refractivity contribution in [3.63, 3.8) is 0 Å². The summed E-state index contributed by atoms with van der Waals surface area (Å²) in [6, 6.07) is 0. The average molecular weight is 1520 g/mol. The van der Waals surface area contributed by atoms with Crippen LogP contribution in [0.2, 0.25) is 0 Å². The molecule has 0 aromatic carbocycles. The number of carbonyl (C=O) groups excluding carboxylic acids is 4. The quantitative estimate of drug-likeness (QED) is 0.0222. The molecule has 0 saturated heterocycles. The smallest absolute Gasteiger partial charge is 0.462 e. The van der Waals surface area contributed by atoms with Crippen LogP contribution in [0.25, 0.3) is 0 Å². The molecule has 19 heteroatoms. The SMILES string of the molecule is CCCCCCCCCCCCCCCCCCCCCC(=O)O[C@H](COC(=O)CCCCCCCCCCCCCCCCC(C)C)COP(=O)(O)OC[C@@H](O)COP(=O)(O)OC[C@@H](COC(=O)CCCCCCCCCCCCCCC)OC(=O)CCCCCCCCCCCCCCC(C)C. The molecule has 2 unspecified atom stereocenters. The van der Waals surface area contributed by atoms with Crippen molar-refractivity contribution in [2.45, 2.75) is 471 Å². The van der Waals surface area contributed by atoms with Crippen LogP contribution in [0.5, 0.6) is 0 Å². The van der Waals surface area contributed by atoms with Gasteiger partial charge in [0, 0.05) is 25.7 Å². The van der Waals surface area contributed by atoms with Crippen molar-refractivity contribution in [2.75, 3.05) is 39.6 Å². The number of hydrogen-bond donors (Lipinski definition) is 3. The number of aliphatic hydroxyl groups is 1. The van der Waals surface area contributed by atoms with Gasteiger partial charge in [0.05, 0.1) is 26.4 Å². The average Bonchev–Trinajstić information content (AvgIpc) is 0.906. The van der Waals surface area contributed by atoms with E-state index >= 15 is 0 Å². The van der Waals surface area contributed by atoms with Crippen molar-refractivity contribution >= 4 is 39.5 Å². The Hall–Kier alpha value is -1.94. The highest BCUT2D eigenvalue weighted by Crippen LogP contribution is 2.45. The zero-order chi connectivity index (χ0) is 76.4. The van der Waals surface area contributed by atoms with Gasteiger partial charge in [0.15, 0.2) is 12.2 Å². The second-order valence-electron chi connectivity index (χ2n) is 31.5. The summed E-state index contributed by atoms with van der Waals surface area (Å²) >= 11 is 0. The minimum atomic E-state index is -4.97. The second-order valence-corrected chi connectivity index (χ2v) is 34.4. The lowest BCUT2D eigenvalue weighted by atomic mass is 10.0. The van der Waals surface area contributed by atoms with E-state index in [1.807, 2.05) is 0 Å². The van der Waals surface area contributed by atoms with Crippen LogP contribution in [-0.2, 0) is 65.4 Å². The topological polar surface area (TPSA) is 237 Å². The molecule has 0 fully saturated rings. The number of phosphoric ester groups is 2. The molecule has 0 rings (SSSR count). The normalized spacial score (nSPS) is 13.8. The lowest BCUT2D eigenvalue weighted by molar-refractivity contribution is -0.161. The molecule has 0 aliphatic heterocycles. The van der Waals surface area contributed by atoms with Gasteiger partial charge in [-0.1, -0.05) is 401 Å². The zero-order valence-corrected chi connectivity index (χ0v) is 70.1. The fourth-order valence-corrected chi connectivity index (χ4v) is 14.8. The Balaban J connectivity index is 5.27. The van der Waals surface area contributed by atoms with E-state index in [-0.39, 0.29) is 25.7 Å². The lowest BCUT2D eigenvalue weighted by Crippen LogP contribution is -2.30. The Morgan fingerprint density at radius 1 is 0.260 bits per heavy atom. The zero-order valence-electron chi connectivity index (χ0n) is 68.3. The van der Waals surface area contributed by atoms with Gasteiger partial charge in [-0.05, 0) is 37.5 Å². The summed E-state index contributed by atoms with van der Waals surface area (Å²) in [6.45, 7) is 9.70. The molecule has 0 radical (unpaired) electrons. The first kappa shape index (κ1) is 102. The molecular formula is C85H166O17P2. The van der Waals surface area contributed by atoms with Gasteiger partial charge in [0.25, 0.3) is 0 Å². The molecule has 618 valence electrons. The summed E-state index contributed by atoms with van der Waals surface area (Å²) in [6.07, 6.45) is 67.9. The Kier molecular flexibility index (Phi) is 75.0. The number of hydrogen-bond acceptors (Lipinski definition) is 15. The van der Waals surface area contributed by atoms with Gasteiger partial charge in [-0.15, -0.1) is 0 Å². The number of aliphatic hydroxyl groups excluding tert-OH is 1. The summed E-state index contributed by atoms with van der Waals surface area (Å²) in [4.78, 5) is 73.2. The summed E-state index contributed by atoms with van der Waals surface area (Å²) < 4.78 is 68.9. The van der Waals surface area contributed by atoms with E-state index in [1.54, 1.807) is 0 Å². The van der Waals surface area contributed by atoms with E-state index in [1.165, 1.54) is 270 Å². The van der Waals surface area contributed by atoms with Crippen molar-refractivity contribution < 1.29 is 80.2 Å². The maximum Gasteiger partial charge on any atom is 0.472 e. The van der Waals surface area contributed by atoms with Crippen LogP contribution in [0.15, 0.2) is 0 Å². The predicted octanol–water partition coefficient (Wildman–Crippen LogP) is 25.8. The molecule has 0 spiro atoms. The van der Waals surface area contributed by atoms with Gasteiger partial charge < -0.3 is 33.8 Å². The molecule has 104 heavy (non-hydrogen) atoms. The molecule has 0 heterocycles. The summed E-state index contributed by atoms with van der Waals surface area (Å²) in [5.41, 5.74) is 0. The monoisotopic (exact) mass is 1520 g/mol. The third kappa shape index (κ3) is 78.2. The molecule has 0 aliphatic carbocycles. The molecular weight excluding hydrogens is 1350 g/mol. The van der Waals surface area contributed by atoms with Crippen LogP contribution in [-0.4, -0.2) is 96.7 Å². The van der Waals surface area contributed by atoms with E-state index in [2.05, 4.69) is 41.5 Å². The Bertz CT molecular complexity index is 1990. The predicted molar refractivity (Wildman–Crippen MR) is 428 cm³/mol. The van der Waals surface area contributed by atoms with Crippen molar-refractivity contribution in [1.29, 1.82) is 0 Å². The highest BCUT2D eigenvalue weighted by atomic mass is 31.2. The van der Waals surface area contributed by atoms with Gasteiger partial charge >= 0.3 is 39.5 Å². The third-order valence-corrected chi connectivity index (χ3v) is 21.9. The molecule has 0 aromatic rings. The maximum absolute atomic E-state index is 13.1. The van der Waals surface area contributed by atoms with Gasteiger partial charge in [-0.2, -0.15) is 0 Å². The number of rotatable bonds is 84. The third-order valence-electron chi connectivity index (χ3n) is 20.0.